The summed E-state index contributed by atoms with van der Waals surface area (Å²) in [5.41, 5.74) is 14.4. The Labute approximate surface area is 403 Å². The quantitative estimate of drug-likeness (QED) is 0.101. The smallest absolute Gasteiger partial charge is 0.179 e. The van der Waals surface area contributed by atoms with Crippen LogP contribution >= 0.6 is 0 Å². The second-order valence-electron chi connectivity index (χ2n) is 18.0. The van der Waals surface area contributed by atoms with Crippen molar-refractivity contribution >= 4 is 72.4 Å². The Morgan fingerprint density at radius 1 is 0.232 bits per heavy atom. The molecule has 3 heteroatoms. The second-order valence-corrected chi connectivity index (χ2v) is 21.8. The molecule has 2 heterocycles. The Morgan fingerprint density at radius 2 is 0.681 bits per heavy atom. The van der Waals surface area contributed by atoms with Crippen LogP contribution in [0.5, 0.6) is 0 Å². The molecule has 0 radical (unpaired) electrons. The molecular weight excluding hydrogens is 849 g/mol. The monoisotopic (exact) mass is 894 g/mol. The molecule has 0 amide bonds. The normalized spacial score (nSPS) is 11.8. The van der Waals surface area contributed by atoms with Crippen molar-refractivity contribution in [3.8, 4) is 44.8 Å². The molecule has 0 atom stereocenters. The summed E-state index contributed by atoms with van der Waals surface area (Å²) >= 11 is 0. The number of benzene rings is 11. The minimum absolute atomic E-state index is 1.14. The largest absolute Gasteiger partial charge is 0.309 e. The summed E-state index contributed by atoms with van der Waals surface area (Å²) in [6, 6.07) is 103. The molecule has 0 aliphatic heterocycles. The average Bonchev–Trinajstić information content (AvgIpc) is 3.95. The minimum Gasteiger partial charge on any atom is -0.309 e. The molecule has 324 valence electrons. The molecule has 13 aromatic rings. The minimum atomic E-state index is -2.82. The SMILES string of the molecule is c1ccc(-c2cccc([Si](c3ccccc3)(c3ccccc3)c3ccc(-n4c5ccccc5c5cc(-n6c7ccccc7c7c(-c8ccccc8-c8ccccc8)cccc76)ccc54)cc3)c2)cc1. The molecule has 0 N–H and O–H groups in total. The predicted octanol–water partition coefficient (Wildman–Crippen LogP) is 14.3. The maximum Gasteiger partial charge on any atom is 0.179 e. The fourth-order valence-corrected chi connectivity index (χ4v) is 16.1. The highest BCUT2D eigenvalue weighted by molar-refractivity contribution is 7.19. The first-order valence-electron chi connectivity index (χ1n) is 23.8. The van der Waals surface area contributed by atoms with Gasteiger partial charge in [0.05, 0.1) is 22.1 Å². The van der Waals surface area contributed by atoms with Gasteiger partial charge in [0.15, 0.2) is 8.07 Å². The van der Waals surface area contributed by atoms with Crippen LogP contribution in [0, 0.1) is 0 Å². The Hall–Kier alpha value is -8.76. The van der Waals surface area contributed by atoms with E-state index in [2.05, 4.69) is 288 Å². The Morgan fingerprint density at radius 3 is 1.38 bits per heavy atom. The summed E-state index contributed by atoms with van der Waals surface area (Å²) < 4.78 is 4.91. The van der Waals surface area contributed by atoms with Gasteiger partial charge in [0.1, 0.15) is 0 Å². The molecule has 69 heavy (non-hydrogen) atoms. The van der Waals surface area contributed by atoms with E-state index in [4.69, 9.17) is 0 Å². The van der Waals surface area contributed by atoms with Gasteiger partial charge >= 0.3 is 0 Å². The van der Waals surface area contributed by atoms with E-state index in [1.165, 1.54) is 97.7 Å². The van der Waals surface area contributed by atoms with Crippen molar-refractivity contribution in [2.45, 2.75) is 0 Å². The van der Waals surface area contributed by atoms with Gasteiger partial charge in [-0.2, -0.15) is 0 Å². The molecule has 13 rings (SSSR count). The van der Waals surface area contributed by atoms with E-state index >= 15 is 0 Å². The second kappa shape index (κ2) is 16.8. The van der Waals surface area contributed by atoms with Crippen molar-refractivity contribution in [3.63, 3.8) is 0 Å². The summed E-state index contributed by atoms with van der Waals surface area (Å²) in [5, 5.41) is 10.4. The highest BCUT2D eigenvalue weighted by atomic mass is 28.3. The third-order valence-corrected chi connectivity index (χ3v) is 19.1. The van der Waals surface area contributed by atoms with E-state index < -0.39 is 8.07 Å². The van der Waals surface area contributed by atoms with Gasteiger partial charge in [0, 0.05) is 32.9 Å². The molecule has 0 unspecified atom stereocenters. The predicted molar refractivity (Wildman–Crippen MR) is 295 cm³/mol. The lowest BCUT2D eigenvalue weighted by Gasteiger charge is -2.35. The van der Waals surface area contributed by atoms with Gasteiger partial charge in [-0.05, 0) is 103 Å². The number of hydrogen-bond acceptors (Lipinski definition) is 0. The zero-order valence-corrected chi connectivity index (χ0v) is 39.0. The van der Waals surface area contributed by atoms with Crippen molar-refractivity contribution < 1.29 is 0 Å². The molecule has 11 aromatic carbocycles. The van der Waals surface area contributed by atoms with Crippen LogP contribution in [0.2, 0.25) is 0 Å². The van der Waals surface area contributed by atoms with Gasteiger partial charge in [-0.15, -0.1) is 0 Å². The summed E-state index contributed by atoms with van der Waals surface area (Å²) in [5.74, 6) is 0. The molecule has 0 saturated heterocycles. The first kappa shape index (κ1) is 40.5. The zero-order valence-electron chi connectivity index (χ0n) is 38.0. The van der Waals surface area contributed by atoms with E-state index in [1.54, 1.807) is 0 Å². The van der Waals surface area contributed by atoms with Gasteiger partial charge in [-0.25, -0.2) is 0 Å². The number of para-hydroxylation sites is 2. The summed E-state index contributed by atoms with van der Waals surface area (Å²) in [6.45, 7) is 0. The number of hydrogen-bond donors (Lipinski definition) is 0. The van der Waals surface area contributed by atoms with E-state index in [0.717, 1.165) is 11.4 Å². The van der Waals surface area contributed by atoms with Crippen LogP contribution in [0.1, 0.15) is 0 Å². The highest BCUT2D eigenvalue weighted by Crippen LogP contribution is 2.42. The van der Waals surface area contributed by atoms with Gasteiger partial charge in [0.2, 0.25) is 0 Å². The van der Waals surface area contributed by atoms with Gasteiger partial charge in [-0.3, -0.25) is 0 Å². The first-order valence-corrected chi connectivity index (χ1v) is 25.8. The van der Waals surface area contributed by atoms with Gasteiger partial charge in [0.25, 0.3) is 0 Å². The topological polar surface area (TPSA) is 9.86 Å². The van der Waals surface area contributed by atoms with Gasteiger partial charge in [-0.1, -0.05) is 231 Å². The lowest BCUT2D eigenvalue weighted by Crippen LogP contribution is -2.74. The van der Waals surface area contributed by atoms with Gasteiger partial charge < -0.3 is 9.13 Å². The van der Waals surface area contributed by atoms with Crippen LogP contribution in [0.25, 0.3) is 88.4 Å². The maximum absolute atomic E-state index is 2.82. The summed E-state index contributed by atoms with van der Waals surface area (Å²) in [6.07, 6.45) is 0. The standard InChI is InChI=1S/C66H46N2Si/c1-5-21-47(22-6-1)49-25-19-30-55(45-49)69(52-26-9-3-10-27-52,53-28-11-4-12-29-53)54-42-39-50(40-43-54)67-62-36-17-15-33-58(62)61-46-51(41-44-64(61)67)68-63-37-18-16-34-60(63)66-59(35-20-38-65(66)68)57-32-14-13-31-56(57)48-23-7-2-8-24-48/h1-46H. The third kappa shape index (κ3) is 6.62. The van der Waals surface area contributed by atoms with E-state index in [1.807, 2.05) is 0 Å². The average molecular weight is 895 g/mol. The fraction of sp³-hybridized carbons (Fsp3) is 0. The number of fused-ring (bicyclic) bond motifs is 6. The van der Waals surface area contributed by atoms with Crippen molar-refractivity contribution in [2.75, 3.05) is 0 Å². The molecule has 0 spiro atoms. The van der Waals surface area contributed by atoms with Crippen LogP contribution in [0.3, 0.4) is 0 Å². The van der Waals surface area contributed by atoms with E-state index in [-0.39, 0.29) is 0 Å². The summed E-state index contributed by atoms with van der Waals surface area (Å²) in [7, 11) is -2.82. The first-order chi connectivity index (χ1) is 34.3. The molecule has 2 aromatic heterocycles. The summed E-state index contributed by atoms with van der Waals surface area (Å²) in [4.78, 5) is 0. The highest BCUT2D eigenvalue weighted by Gasteiger charge is 2.41. The van der Waals surface area contributed by atoms with Crippen molar-refractivity contribution in [1.29, 1.82) is 0 Å². The van der Waals surface area contributed by atoms with Crippen LogP contribution in [-0.4, -0.2) is 17.2 Å². The Kier molecular flexibility index (Phi) is 9.88. The van der Waals surface area contributed by atoms with Crippen LogP contribution in [-0.2, 0) is 0 Å². The Balaban J connectivity index is 0.978. The zero-order chi connectivity index (χ0) is 45.7. The van der Waals surface area contributed by atoms with Crippen molar-refractivity contribution in [2.24, 2.45) is 0 Å². The molecule has 0 aliphatic rings. The van der Waals surface area contributed by atoms with Crippen LogP contribution in [0.15, 0.2) is 279 Å². The molecule has 0 aliphatic carbocycles. The number of aromatic nitrogens is 2. The molecule has 0 fully saturated rings. The van der Waals surface area contributed by atoms with Crippen LogP contribution < -0.4 is 20.7 Å². The molecule has 2 nitrogen and oxygen atoms in total. The lowest BCUT2D eigenvalue weighted by atomic mass is 9.92. The lowest BCUT2D eigenvalue weighted by molar-refractivity contribution is 1.17. The van der Waals surface area contributed by atoms with Crippen molar-refractivity contribution in [1.82, 2.24) is 9.13 Å². The molecular formula is C66H46N2Si. The number of rotatable bonds is 9. The molecule has 0 saturated carbocycles. The third-order valence-electron chi connectivity index (χ3n) is 14.3. The molecule has 0 bridgehead atoms. The van der Waals surface area contributed by atoms with E-state index in [9.17, 15) is 0 Å². The van der Waals surface area contributed by atoms with Crippen LogP contribution in [0.4, 0.5) is 0 Å². The maximum atomic E-state index is 2.46. The Bertz CT molecular complexity index is 3940. The fourth-order valence-electron chi connectivity index (χ4n) is 11.3. The van der Waals surface area contributed by atoms with Crippen molar-refractivity contribution in [3.05, 3.63) is 279 Å². The number of nitrogens with zero attached hydrogens (tertiary/aromatic N) is 2. The van der Waals surface area contributed by atoms with E-state index in [0.29, 0.717) is 0 Å².